The van der Waals surface area contributed by atoms with Crippen LogP contribution in [0.25, 0.3) is 0 Å². The van der Waals surface area contributed by atoms with Gasteiger partial charge >= 0.3 is 0 Å². The van der Waals surface area contributed by atoms with Gasteiger partial charge in [-0.15, -0.1) is 0 Å². The average Bonchev–Trinajstić information content (AvgIpc) is 2.42. The highest BCUT2D eigenvalue weighted by Crippen LogP contribution is 2.27. The van der Waals surface area contributed by atoms with E-state index in [1.54, 1.807) is 17.0 Å². The molecule has 1 aromatic rings. The summed E-state index contributed by atoms with van der Waals surface area (Å²) in [7, 11) is 0. The molecule has 0 radical (unpaired) electrons. The lowest BCUT2D eigenvalue weighted by Gasteiger charge is -2.28. The molecule has 1 aliphatic rings. The van der Waals surface area contributed by atoms with Gasteiger partial charge in [0.2, 0.25) is 0 Å². The molecule has 0 atom stereocenters. The number of aryl methyl sites for hydroxylation is 1. The van der Waals surface area contributed by atoms with Gasteiger partial charge in [-0.25, -0.2) is 4.98 Å². The first-order valence-corrected chi connectivity index (χ1v) is 7.06. The fraction of sp³-hybridized carbons (Fsp3) is 0.714. The Morgan fingerprint density at radius 3 is 2.67 bits per heavy atom. The summed E-state index contributed by atoms with van der Waals surface area (Å²) in [5.41, 5.74) is -0.00221. The number of rotatable bonds is 4. The SMILES string of the molecule is CCC1CCC(Nc2nccn(CC)c2=O)CC1. The molecule has 0 aromatic carbocycles. The van der Waals surface area contributed by atoms with Crippen LogP contribution in [0.5, 0.6) is 0 Å². The van der Waals surface area contributed by atoms with E-state index in [-0.39, 0.29) is 5.56 Å². The van der Waals surface area contributed by atoms with Gasteiger partial charge in [-0.05, 0) is 38.5 Å². The van der Waals surface area contributed by atoms with Crippen molar-refractivity contribution in [2.24, 2.45) is 5.92 Å². The topological polar surface area (TPSA) is 46.9 Å². The molecule has 1 fully saturated rings. The minimum Gasteiger partial charge on any atom is -0.363 e. The van der Waals surface area contributed by atoms with Crippen molar-refractivity contribution in [2.45, 2.75) is 58.5 Å². The van der Waals surface area contributed by atoms with Crippen LogP contribution in [0, 0.1) is 5.92 Å². The maximum absolute atomic E-state index is 12.0. The Balaban J connectivity index is 2.00. The van der Waals surface area contributed by atoms with E-state index in [9.17, 15) is 4.79 Å². The van der Waals surface area contributed by atoms with E-state index in [0.29, 0.717) is 18.4 Å². The summed E-state index contributed by atoms with van der Waals surface area (Å²) in [4.78, 5) is 16.2. The van der Waals surface area contributed by atoms with Crippen molar-refractivity contribution in [1.82, 2.24) is 9.55 Å². The first kappa shape index (κ1) is 13.1. The van der Waals surface area contributed by atoms with Crippen LogP contribution in [0.3, 0.4) is 0 Å². The molecule has 0 unspecified atom stereocenters. The molecule has 1 heterocycles. The molecular weight excluding hydrogens is 226 g/mol. The van der Waals surface area contributed by atoms with E-state index in [4.69, 9.17) is 0 Å². The highest BCUT2D eigenvalue weighted by molar-refractivity contribution is 5.32. The van der Waals surface area contributed by atoms with E-state index in [2.05, 4.69) is 17.2 Å². The highest BCUT2D eigenvalue weighted by atomic mass is 16.1. The lowest BCUT2D eigenvalue weighted by atomic mass is 9.84. The Morgan fingerprint density at radius 2 is 2.06 bits per heavy atom. The molecule has 0 spiro atoms. The molecule has 100 valence electrons. The molecule has 1 aliphatic carbocycles. The Hall–Kier alpha value is -1.32. The number of hydrogen-bond acceptors (Lipinski definition) is 3. The van der Waals surface area contributed by atoms with Crippen LogP contribution in [0.1, 0.15) is 46.0 Å². The predicted molar refractivity (Wildman–Crippen MR) is 73.8 cm³/mol. The monoisotopic (exact) mass is 249 g/mol. The van der Waals surface area contributed by atoms with Crippen LogP contribution in [-0.4, -0.2) is 15.6 Å². The minimum absolute atomic E-state index is 0.00221. The molecule has 18 heavy (non-hydrogen) atoms. The van der Waals surface area contributed by atoms with E-state index in [1.807, 2.05) is 6.92 Å². The minimum atomic E-state index is -0.00221. The van der Waals surface area contributed by atoms with Crippen molar-refractivity contribution >= 4 is 5.82 Å². The van der Waals surface area contributed by atoms with Crippen LogP contribution < -0.4 is 10.9 Å². The lowest BCUT2D eigenvalue weighted by molar-refractivity contribution is 0.329. The molecular formula is C14H23N3O. The van der Waals surface area contributed by atoms with Crippen molar-refractivity contribution in [3.8, 4) is 0 Å². The molecule has 4 heteroatoms. The van der Waals surface area contributed by atoms with Gasteiger partial charge in [0.15, 0.2) is 5.82 Å². The van der Waals surface area contributed by atoms with Crippen LogP contribution in [-0.2, 0) is 6.54 Å². The quantitative estimate of drug-likeness (QED) is 0.892. The van der Waals surface area contributed by atoms with Crippen LogP contribution >= 0.6 is 0 Å². The molecule has 0 saturated heterocycles. The predicted octanol–water partition coefficient (Wildman–Crippen LogP) is 2.64. The highest BCUT2D eigenvalue weighted by Gasteiger charge is 2.20. The molecule has 0 amide bonds. The second-order valence-electron chi connectivity index (χ2n) is 5.14. The summed E-state index contributed by atoms with van der Waals surface area (Å²) in [6.07, 6.45) is 9.55. The fourth-order valence-electron chi connectivity index (χ4n) is 2.70. The molecule has 1 saturated carbocycles. The second kappa shape index (κ2) is 6.03. The van der Waals surface area contributed by atoms with Gasteiger partial charge in [0.05, 0.1) is 0 Å². The summed E-state index contributed by atoms with van der Waals surface area (Å²) >= 11 is 0. The number of nitrogens with zero attached hydrogens (tertiary/aromatic N) is 2. The average molecular weight is 249 g/mol. The summed E-state index contributed by atoms with van der Waals surface area (Å²) < 4.78 is 1.69. The lowest BCUT2D eigenvalue weighted by Crippen LogP contribution is -2.31. The van der Waals surface area contributed by atoms with Gasteiger partial charge in [0.1, 0.15) is 0 Å². The maximum Gasteiger partial charge on any atom is 0.293 e. The van der Waals surface area contributed by atoms with Crippen LogP contribution in [0.2, 0.25) is 0 Å². The summed E-state index contributed by atoms with van der Waals surface area (Å²) in [5, 5.41) is 3.32. The molecule has 0 aliphatic heterocycles. The Kier molecular flexibility index (Phi) is 4.39. The first-order valence-electron chi connectivity index (χ1n) is 7.06. The Bertz CT molecular complexity index is 433. The van der Waals surface area contributed by atoms with Gasteiger partial charge in [-0.3, -0.25) is 4.79 Å². The number of anilines is 1. The van der Waals surface area contributed by atoms with Crippen molar-refractivity contribution in [1.29, 1.82) is 0 Å². The summed E-state index contributed by atoms with van der Waals surface area (Å²) in [6.45, 7) is 4.92. The molecule has 2 rings (SSSR count). The number of nitrogens with one attached hydrogen (secondary N) is 1. The molecule has 1 aromatic heterocycles. The second-order valence-corrected chi connectivity index (χ2v) is 5.14. The van der Waals surface area contributed by atoms with E-state index >= 15 is 0 Å². The number of hydrogen-bond donors (Lipinski definition) is 1. The maximum atomic E-state index is 12.0. The van der Waals surface area contributed by atoms with E-state index in [0.717, 1.165) is 18.8 Å². The van der Waals surface area contributed by atoms with Gasteiger partial charge < -0.3 is 9.88 Å². The van der Waals surface area contributed by atoms with Crippen LogP contribution in [0.15, 0.2) is 17.2 Å². The molecule has 1 N–H and O–H groups in total. The van der Waals surface area contributed by atoms with Crippen molar-refractivity contribution in [2.75, 3.05) is 5.32 Å². The van der Waals surface area contributed by atoms with Gasteiger partial charge in [0, 0.05) is 25.0 Å². The van der Waals surface area contributed by atoms with Crippen molar-refractivity contribution < 1.29 is 0 Å². The Morgan fingerprint density at radius 1 is 1.33 bits per heavy atom. The third-order valence-electron chi connectivity index (χ3n) is 4.02. The smallest absolute Gasteiger partial charge is 0.293 e. The zero-order chi connectivity index (χ0) is 13.0. The zero-order valence-electron chi connectivity index (χ0n) is 11.4. The zero-order valence-corrected chi connectivity index (χ0v) is 11.4. The van der Waals surface area contributed by atoms with Crippen molar-refractivity contribution in [3.63, 3.8) is 0 Å². The third-order valence-corrected chi connectivity index (χ3v) is 4.02. The molecule has 4 nitrogen and oxygen atoms in total. The number of aromatic nitrogens is 2. The molecule has 0 bridgehead atoms. The fourth-order valence-corrected chi connectivity index (χ4v) is 2.70. The standard InChI is InChI=1S/C14H23N3O/c1-3-11-5-7-12(8-6-11)16-13-14(18)17(4-2)10-9-15-13/h9-12H,3-8H2,1-2H3,(H,15,16). The Labute approximate surface area is 108 Å². The van der Waals surface area contributed by atoms with Crippen molar-refractivity contribution in [3.05, 3.63) is 22.7 Å². The van der Waals surface area contributed by atoms with E-state index < -0.39 is 0 Å². The third kappa shape index (κ3) is 2.92. The summed E-state index contributed by atoms with van der Waals surface area (Å²) in [5.74, 6) is 1.39. The van der Waals surface area contributed by atoms with Crippen LogP contribution in [0.4, 0.5) is 5.82 Å². The van der Waals surface area contributed by atoms with Gasteiger partial charge in [0.25, 0.3) is 5.56 Å². The normalized spacial score (nSPS) is 23.9. The van der Waals surface area contributed by atoms with Gasteiger partial charge in [-0.2, -0.15) is 0 Å². The van der Waals surface area contributed by atoms with E-state index in [1.165, 1.54) is 19.3 Å². The largest absolute Gasteiger partial charge is 0.363 e. The summed E-state index contributed by atoms with van der Waals surface area (Å²) in [6, 6.07) is 0.417. The van der Waals surface area contributed by atoms with Gasteiger partial charge in [-0.1, -0.05) is 13.3 Å². The first-order chi connectivity index (χ1) is 8.74.